The Kier molecular flexibility index (Phi) is 5.85. The molecule has 0 spiro atoms. The molecule has 55 heavy (non-hydrogen) atoms. The van der Waals surface area contributed by atoms with Crippen molar-refractivity contribution < 1.29 is 12.6 Å². The van der Waals surface area contributed by atoms with E-state index >= 15 is 0 Å². The van der Waals surface area contributed by atoms with E-state index in [1.54, 1.807) is 24.3 Å². The third kappa shape index (κ3) is 5.43. The van der Waals surface area contributed by atoms with Gasteiger partial charge >= 0.3 is 0 Å². The summed E-state index contributed by atoms with van der Waals surface area (Å²) in [7, 11) is 0. The lowest BCUT2D eigenvalue weighted by molar-refractivity contribution is 0.669. The average Bonchev–Trinajstić information content (AvgIpc) is 3.72. The van der Waals surface area contributed by atoms with Crippen LogP contribution in [0, 0.1) is 0 Å². The maximum Gasteiger partial charge on any atom is 0.164 e. The standard InChI is InChI=1S/C51H31N3O/c1-3-10-32(11-4-1)36-15-9-16-38(28-36)49-52-50(39-19-18-35-21-24-42-41-17-8-7-14-34(41)20-25-43(42)45(35)30-39)54-51(53-49)40-22-26-44-46-29-37(33-12-5-2-6-13-33)23-27-47(46)55-48(44)31-40/h1-31H/i22D,23D,26D,27D,29D,31D. The van der Waals surface area contributed by atoms with Crippen LogP contribution in [0.15, 0.2) is 192 Å². The lowest BCUT2D eigenvalue weighted by atomic mass is 9.96. The Bertz CT molecular complexity index is 3610. The third-order valence-corrected chi connectivity index (χ3v) is 10.2. The van der Waals surface area contributed by atoms with Gasteiger partial charge in [0, 0.05) is 27.5 Å². The fourth-order valence-corrected chi connectivity index (χ4v) is 7.42. The molecule has 0 saturated heterocycles. The van der Waals surface area contributed by atoms with Crippen LogP contribution in [0.25, 0.3) is 111 Å². The summed E-state index contributed by atoms with van der Waals surface area (Å²) in [4.78, 5) is 14.9. The second kappa shape index (κ2) is 12.6. The molecule has 0 saturated carbocycles. The minimum Gasteiger partial charge on any atom is -0.456 e. The zero-order valence-corrected chi connectivity index (χ0v) is 29.2. The van der Waals surface area contributed by atoms with Crippen LogP contribution in [-0.4, -0.2) is 15.0 Å². The van der Waals surface area contributed by atoms with Gasteiger partial charge in [-0.3, -0.25) is 0 Å². The van der Waals surface area contributed by atoms with Crippen molar-refractivity contribution in [2.45, 2.75) is 0 Å². The summed E-state index contributed by atoms with van der Waals surface area (Å²) in [6.07, 6.45) is 0. The van der Waals surface area contributed by atoms with Crippen molar-refractivity contribution in [3.05, 3.63) is 188 Å². The van der Waals surface area contributed by atoms with E-state index in [0.29, 0.717) is 28.3 Å². The Morgan fingerprint density at radius 3 is 1.69 bits per heavy atom. The van der Waals surface area contributed by atoms with Gasteiger partial charge in [-0.2, -0.15) is 0 Å². The normalized spacial score (nSPS) is 13.2. The van der Waals surface area contributed by atoms with Gasteiger partial charge in [0.1, 0.15) is 11.2 Å². The maximum atomic E-state index is 9.55. The SMILES string of the molecule is [2H]c1c(-c2ccccc2)c([2H])c2c(oc3c([2H])c(-c4nc(-c5cccc(-c6ccccc6)c5)nc(-c5ccc6ccc7c8ccccc8ccc7c6c5)n4)c([2H])c([2H])c32)c1[2H]. The number of rotatable bonds is 5. The van der Waals surface area contributed by atoms with Crippen LogP contribution in [0.3, 0.4) is 0 Å². The summed E-state index contributed by atoms with van der Waals surface area (Å²) >= 11 is 0. The molecule has 0 fully saturated rings. The highest BCUT2D eigenvalue weighted by Crippen LogP contribution is 2.37. The summed E-state index contributed by atoms with van der Waals surface area (Å²) in [5.41, 5.74) is 3.90. The van der Waals surface area contributed by atoms with Crippen LogP contribution in [-0.2, 0) is 0 Å². The van der Waals surface area contributed by atoms with E-state index in [2.05, 4.69) is 42.5 Å². The Balaban J connectivity index is 1.16. The zero-order valence-electron chi connectivity index (χ0n) is 35.2. The van der Waals surface area contributed by atoms with Gasteiger partial charge in [0.2, 0.25) is 0 Å². The Morgan fingerprint density at radius 1 is 0.327 bits per heavy atom. The van der Waals surface area contributed by atoms with Crippen molar-refractivity contribution in [2.24, 2.45) is 0 Å². The molecular weight excluding hydrogens is 671 g/mol. The zero-order chi connectivity index (χ0) is 41.5. The number of hydrogen-bond donors (Lipinski definition) is 0. The van der Waals surface area contributed by atoms with Crippen molar-refractivity contribution in [1.82, 2.24) is 15.0 Å². The highest BCUT2D eigenvalue weighted by Gasteiger charge is 2.17. The summed E-state index contributed by atoms with van der Waals surface area (Å²) in [5, 5.41) is 6.72. The number of hydrogen-bond acceptors (Lipinski definition) is 4. The van der Waals surface area contributed by atoms with E-state index in [9.17, 15) is 5.48 Å². The molecule has 4 heteroatoms. The van der Waals surface area contributed by atoms with Crippen LogP contribution in [0.2, 0.25) is 0 Å². The molecule has 0 radical (unpaired) electrons. The first kappa shape index (κ1) is 25.5. The molecule has 11 aromatic rings. The molecule has 9 aromatic carbocycles. The number of fused-ring (bicyclic) bond motifs is 8. The summed E-state index contributed by atoms with van der Waals surface area (Å²) in [6.45, 7) is 0. The third-order valence-electron chi connectivity index (χ3n) is 10.2. The monoisotopic (exact) mass is 707 g/mol. The van der Waals surface area contributed by atoms with Crippen molar-refractivity contribution in [3.8, 4) is 56.4 Å². The number of benzene rings is 9. The van der Waals surface area contributed by atoms with Crippen molar-refractivity contribution in [2.75, 3.05) is 0 Å². The molecule has 0 N–H and O–H groups in total. The second-order valence-electron chi connectivity index (χ2n) is 13.5. The van der Waals surface area contributed by atoms with E-state index in [0.717, 1.165) is 43.4 Å². The minimum atomic E-state index is -0.333. The maximum absolute atomic E-state index is 9.55. The molecule has 0 bridgehead atoms. The summed E-state index contributed by atoms with van der Waals surface area (Å²) < 4.78 is 61.5. The molecule has 0 atom stereocenters. The molecule has 2 heterocycles. The second-order valence-corrected chi connectivity index (χ2v) is 13.5. The van der Waals surface area contributed by atoms with E-state index in [1.165, 1.54) is 0 Å². The van der Waals surface area contributed by atoms with Crippen molar-refractivity contribution in [3.63, 3.8) is 0 Å². The molecular formula is C51H31N3O. The number of furan rings is 1. The Hall–Kier alpha value is -7.43. The van der Waals surface area contributed by atoms with Gasteiger partial charge in [-0.1, -0.05) is 152 Å². The largest absolute Gasteiger partial charge is 0.456 e. The Labute approximate surface area is 325 Å². The quantitative estimate of drug-likeness (QED) is 0.167. The first-order valence-electron chi connectivity index (χ1n) is 21.0. The van der Waals surface area contributed by atoms with E-state index in [1.807, 2.05) is 84.9 Å². The van der Waals surface area contributed by atoms with Crippen LogP contribution in [0.5, 0.6) is 0 Å². The van der Waals surface area contributed by atoms with E-state index in [4.69, 9.17) is 22.1 Å². The van der Waals surface area contributed by atoms with Crippen LogP contribution >= 0.6 is 0 Å². The van der Waals surface area contributed by atoms with Crippen LogP contribution < -0.4 is 0 Å². The molecule has 4 nitrogen and oxygen atoms in total. The van der Waals surface area contributed by atoms with Crippen molar-refractivity contribution in [1.29, 1.82) is 0 Å². The molecule has 2 aromatic heterocycles. The molecule has 0 aliphatic heterocycles. The average molecular weight is 708 g/mol. The molecule has 0 unspecified atom stereocenters. The molecule has 11 rings (SSSR count). The smallest absolute Gasteiger partial charge is 0.164 e. The van der Waals surface area contributed by atoms with E-state index < -0.39 is 0 Å². The van der Waals surface area contributed by atoms with Gasteiger partial charge in [-0.05, 0) is 90.9 Å². The number of aromatic nitrogens is 3. The van der Waals surface area contributed by atoms with Gasteiger partial charge in [0.25, 0.3) is 0 Å². The fourth-order valence-electron chi connectivity index (χ4n) is 7.42. The Morgan fingerprint density at radius 2 is 0.909 bits per heavy atom. The molecule has 0 aliphatic rings. The van der Waals surface area contributed by atoms with Gasteiger partial charge in [-0.15, -0.1) is 0 Å². The summed E-state index contributed by atoms with van der Waals surface area (Å²) in [6, 6.07) is 48.2. The first-order valence-corrected chi connectivity index (χ1v) is 18.0. The highest BCUT2D eigenvalue weighted by molar-refractivity contribution is 6.17. The van der Waals surface area contributed by atoms with Crippen LogP contribution in [0.1, 0.15) is 8.22 Å². The van der Waals surface area contributed by atoms with Gasteiger partial charge in [0.05, 0.1) is 8.22 Å². The van der Waals surface area contributed by atoms with Crippen LogP contribution in [0.4, 0.5) is 0 Å². The van der Waals surface area contributed by atoms with Gasteiger partial charge in [0.15, 0.2) is 17.5 Å². The highest BCUT2D eigenvalue weighted by atomic mass is 16.3. The van der Waals surface area contributed by atoms with Crippen molar-refractivity contribution >= 4 is 54.3 Å². The lowest BCUT2D eigenvalue weighted by Gasteiger charge is -2.11. The molecule has 0 aliphatic carbocycles. The van der Waals surface area contributed by atoms with Gasteiger partial charge < -0.3 is 4.42 Å². The molecule has 0 amide bonds. The molecule has 256 valence electrons. The number of nitrogens with zero attached hydrogens (tertiary/aromatic N) is 3. The predicted molar refractivity (Wildman–Crippen MR) is 227 cm³/mol. The summed E-state index contributed by atoms with van der Waals surface area (Å²) in [5.74, 6) is 0.626. The van der Waals surface area contributed by atoms with E-state index in [-0.39, 0.29) is 75.1 Å². The predicted octanol–water partition coefficient (Wildman–Crippen LogP) is 13.6. The first-order chi connectivity index (χ1) is 29.7. The lowest BCUT2D eigenvalue weighted by Crippen LogP contribution is -2.00. The minimum absolute atomic E-state index is 0.00308. The van der Waals surface area contributed by atoms with Gasteiger partial charge in [-0.25, -0.2) is 15.0 Å². The fraction of sp³-hybridized carbons (Fsp3) is 0. The topological polar surface area (TPSA) is 51.8 Å².